The maximum atomic E-state index is 10.7. The number of aromatic carboxylic acids is 1. The molecule has 5 heteroatoms. The number of thiazole rings is 1. The molecule has 0 atom stereocenters. The van der Waals surface area contributed by atoms with E-state index in [4.69, 9.17) is 5.11 Å². The number of hydrogen-bond acceptors (Lipinski definition) is 4. The minimum Gasteiger partial charge on any atom is -0.477 e. The van der Waals surface area contributed by atoms with Crippen LogP contribution in [0.4, 0.5) is 0 Å². The Morgan fingerprint density at radius 1 is 1.57 bits per heavy atom. The molecule has 0 aromatic carbocycles. The van der Waals surface area contributed by atoms with Gasteiger partial charge in [-0.3, -0.25) is 0 Å². The Balaban J connectivity index is 2.11. The van der Waals surface area contributed by atoms with Crippen LogP contribution < -0.4 is 5.32 Å². The van der Waals surface area contributed by atoms with Crippen LogP contribution >= 0.6 is 11.3 Å². The Hall–Kier alpha value is -0.940. The van der Waals surface area contributed by atoms with Gasteiger partial charge in [0.2, 0.25) is 0 Å². The number of hydrogen-bond donors (Lipinski definition) is 2. The highest BCUT2D eigenvalue weighted by molar-refractivity contribution is 7.13. The average Bonchev–Trinajstić information content (AvgIpc) is 2.68. The molecular weight excluding hydrogens is 200 g/mol. The van der Waals surface area contributed by atoms with Crippen molar-refractivity contribution in [3.05, 3.63) is 16.1 Å². The molecule has 0 bridgehead atoms. The first-order chi connectivity index (χ1) is 6.77. The van der Waals surface area contributed by atoms with Crippen LogP contribution in [-0.4, -0.2) is 29.1 Å². The number of nitrogens with zero attached hydrogens (tertiary/aromatic N) is 1. The molecule has 0 spiro atoms. The van der Waals surface area contributed by atoms with Crippen molar-refractivity contribution in [3.63, 3.8) is 0 Å². The number of aromatic nitrogens is 1. The lowest BCUT2D eigenvalue weighted by atomic mass is 9.99. The van der Waals surface area contributed by atoms with Crippen LogP contribution in [0.15, 0.2) is 6.20 Å². The number of rotatable bonds is 2. The lowest BCUT2D eigenvalue weighted by Crippen LogP contribution is -2.26. The topological polar surface area (TPSA) is 62.2 Å². The molecule has 0 radical (unpaired) electrons. The van der Waals surface area contributed by atoms with E-state index in [-0.39, 0.29) is 0 Å². The van der Waals surface area contributed by atoms with Gasteiger partial charge in [-0.1, -0.05) is 0 Å². The number of carbonyl (C=O) groups is 1. The van der Waals surface area contributed by atoms with Gasteiger partial charge in [0, 0.05) is 5.92 Å². The monoisotopic (exact) mass is 212 g/mol. The van der Waals surface area contributed by atoms with E-state index in [1.165, 1.54) is 17.5 Å². The summed E-state index contributed by atoms with van der Waals surface area (Å²) in [6, 6.07) is 0. The van der Waals surface area contributed by atoms with Gasteiger partial charge in [0.05, 0.1) is 11.2 Å². The fraction of sp³-hybridized carbons (Fsp3) is 0.556. The normalized spacial score (nSPS) is 18.3. The molecule has 14 heavy (non-hydrogen) atoms. The van der Waals surface area contributed by atoms with Crippen molar-refractivity contribution in [1.82, 2.24) is 10.3 Å². The molecule has 0 saturated carbocycles. The van der Waals surface area contributed by atoms with E-state index < -0.39 is 5.97 Å². The first-order valence-corrected chi connectivity index (χ1v) is 5.49. The molecule has 1 aromatic rings. The van der Waals surface area contributed by atoms with Gasteiger partial charge in [0.25, 0.3) is 0 Å². The largest absolute Gasteiger partial charge is 0.477 e. The molecule has 76 valence electrons. The van der Waals surface area contributed by atoms with Crippen molar-refractivity contribution in [2.24, 2.45) is 0 Å². The van der Waals surface area contributed by atoms with Gasteiger partial charge in [-0.2, -0.15) is 0 Å². The zero-order valence-electron chi connectivity index (χ0n) is 7.69. The highest BCUT2D eigenvalue weighted by Crippen LogP contribution is 2.28. The van der Waals surface area contributed by atoms with E-state index in [1.807, 2.05) is 0 Å². The third kappa shape index (κ3) is 1.93. The zero-order chi connectivity index (χ0) is 9.97. The van der Waals surface area contributed by atoms with E-state index >= 15 is 0 Å². The maximum Gasteiger partial charge on any atom is 0.347 e. The quantitative estimate of drug-likeness (QED) is 0.776. The summed E-state index contributed by atoms with van der Waals surface area (Å²) < 4.78 is 0. The fourth-order valence-electron chi connectivity index (χ4n) is 1.64. The van der Waals surface area contributed by atoms with Crippen LogP contribution in [0.5, 0.6) is 0 Å². The fourth-order valence-corrected chi connectivity index (χ4v) is 2.57. The summed E-state index contributed by atoms with van der Waals surface area (Å²) in [7, 11) is 0. The lowest BCUT2D eigenvalue weighted by molar-refractivity contribution is 0.0702. The lowest BCUT2D eigenvalue weighted by Gasteiger charge is -2.20. The van der Waals surface area contributed by atoms with E-state index in [2.05, 4.69) is 10.3 Å². The van der Waals surface area contributed by atoms with E-state index in [0.29, 0.717) is 10.8 Å². The van der Waals surface area contributed by atoms with Crippen LogP contribution in [0.25, 0.3) is 0 Å². The second-order valence-electron chi connectivity index (χ2n) is 3.39. The van der Waals surface area contributed by atoms with Gasteiger partial charge in [-0.25, -0.2) is 9.78 Å². The Labute approximate surface area is 86.0 Å². The van der Waals surface area contributed by atoms with Crippen molar-refractivity contribution in [2.45, 2.75) is 18.8 Å². The van der Waals surface area contributed by atoms with Crippen LogP contribution in [-0.2, 0) is 0 Å². The summed E-state index contributed by atoms with van der Waals surface area (Å²) in [6.07, 6.45) is 3.59. The Morgan fingerprint density at radius 3 is 2.86 bits per heavy atom. The molecular formula is C9H12N2O2S. The molecule has 0 unspecified atom stereocenters. The van der Waals surface area contributed by atoms with E-state index in [0.717, 1.165) is 30.9 Å². The van der Waals surface area contributed by atoms with Crippen molar-refractivity contribution in [2.75, 3.05) is 13.1 Å². The number of nitrogens with one attached hydrogen (secondary N) is 1. The molecule has 1 fully saturated rings. The van der Waals surface area contributed by atoms with Gasteiger partial charge in [-0.15, -0.1) is 11.3 Å². The number of carboxylic acid groups (broad SMARTS) is 1. The van der Waals surface area contributed by atoms with Crippen LogP contribution in [0, 0.1) is 0 Å². The molecule has 2 heterocycles. The molecule has 1 aliphatic heterocycles. The van der Waals surface area contributed by atoms with Crippen molar-refractivity contribution in [1.29, 1.82) is 0 Å². The van der Waals surface area contributed by atoms with E-state index in [9.17, 15) is 4.79 Å². The standard InChI is InChI=1S/C9H12N2O2S/c12-9(13)7-5-11-8(14-7)6-1-3-10-4-2-6/h5-6,10H,1-4H2,(H,12,13). The molecule has 1 aromatic heterocycles. The molecule has 1 aliphatic rings. The summed E-state index contributed by atoms with van der Waals surface area (Å²) in [5.41, 5.74) is 0. The molecule has 4 nitrogen and oxygen atoms in total. The molecule has 1 saturated heterocycles. The summed E-state index contributed by atoms with van der Waals surface area (Å²) >= 11 is 1.31. The van der Waals surface area contributed by atoms with Crippen molar-refractivity contribution >= 4 is 17.3 Å². The van der Waals surface area contributed by atoms with Crippen LogP contribution in [0.1, 0.15) is 33.4 Å². The molecule has 2 rings (SSSR count). The van der Waals surface area contributed by atoms with Gasteiger partial charge in [0.1, 0.15) is 4.88 Å². The second-order valence-corrected chi connectivity index (χ2v) is 4.45. The Bertz CT molecular complexity index is 331. The summed E-state index contributed by atoms with van der Waals surface area (Å²) in [4.78, 5) is 15.2. The first kappa shape index (κ1) is 9.61. The predicted molar refractivity (Wildman–Crippen MR) is 53.9 cm³/mol. The SMILES string of the molecule is O=C(O)c1cnc(C2CCNCC2)s1. The van der Waals surface area contributed by atoms with Crippen LogP contribution in [0.2, 0.25) is 0 Å². The minimum absolute atomic E-state index is 0.346. The highest BCUT2D eigenvalue weighted by Gasteiger charge is 2.19. The summed E-state index contributed by atoms with van der Waals surface area (Å²) in [6.45, 7) is 2.01. The molecule has 0 amide bonds. The third-order valence-electron chi connectivity index (χ3n) is 2.42. The number of carboxylic acids is 1. The van der Waals surface area contributed by atoms with Gasteiger partial charge < -0.3 is 10.4 Å². The van der Waals surface area contributed by atoms with Crippen molar-refractivity contribution in [3.8, 4) is 0 Å². The van der Waals surface area contributed by atoms with Gasteiger partial charge in [-0.05, 0) is 25.9 Å². The van der Waals surface area contributed by atoms with Gasteiger partial charge in [0.15, 0.2) is 0 Å². The minimum atomic E-state index is -0.873. The van der Waals surface area contributed by atoms with E-state index in [1.54, 1.807) is 0 Å². The third-order valence-corrected chi connectivity index (χ3v) is 3.57. The predicted octanol–water partition coefficient (Wildman–Crippen LogP) is 1.31. The van der Waals surface area contributed by atoms with Crippen LogP contribution in [0.3, 0.4) is 0 Å². The zero-order valence-corrected chi connectivity index (χ0v) is 8.51. The number of piperidine rings is 1. The Morgan fingerprint density at radius 2 is 2.29 bits per heavy atom. The first-order valence-electron chi connectivity index (χ1n) is 4.67. The Kier molecular flexibility index (Phi) is 2.79. The molecule has 0 aliphatic carbocycles. The molecule has 2 N–H and O–H groups in total. The van der Waals surface area contributed by atoms with Crippen molar-refractivity contribution < 1.29 is 9.90 Å². The highest BCUT2D eigenvalue weighted by atomic mass is 32.1. The summed E-state index contributed by atoms with van der Waals surface area (Å²) in [5.74, 6) is -0.419. The summed E-state index contributed by atoms with van der Waals surface area (Å²) in [5, 5.41) is 13.0. The maximum absolute atomic E-state index is 10.7. The average molecular weight is 212 g/mol. The van der Waals surface area contributed by atoms with Gasteiger partial charge >= 0.3 is 5.97 Å². The second kappa shape index (κ2) is 4.06. The smallest absolute Gasteiger partial charge is 0.347 e.